The summed E-state index contributed by atoms with van der Waals surface area (Å²) in [6.07, 6.45) is 1.68. The molecule has 0 aliphatic carbocycles. The first kappa shape index (κ1) is 11.9. The quantitative estimate of drug-likeness (QED) is 0.925. The zero-order valence-electron chi connectivity index (χ0n) is 8.23. The Kier molecular flexibility index (Phi) is 3.82. The summed E-state index contributed by atoms with van der Waals surface area (Å²) in [4.78, 5) is 4.99. The minimum Gasteiger partial charge on any atom is -0.388 e. The molecule has 0 amide bonds. The third-order valence-corrected chi connectivity index (χ3v) is 3.39. The fourth-order valence-corrected chi connectivity index (χ4v) is 2.59. The predicted molar refractivity (Wildman–Crippen MR) is 67.2 cm³/mol. The molecule has 1 atom stereocenters. The number of benzene rings is 1. The monoisotopic (exact) mass is 273 g/mol. The first-order chi connectivity index (χ1) is 7.65. The van der Waals surface area contributed by atoms with E-state index in [0.29, 0.717) is 16.5 Å². The zero-order chi connectivity index (χ0) is 11.5. The minimum atomic E-state index is -0.600. The van der Waals surface area contributed by atoms with E-state index in [1.807, 2.05) is 0 Å². The average molecular weight is 274 g/mol. The lowest BCUT2D eigenvalue weighted by Gasteiger charge is -2.10. The van der Waals surface area contributed by atoms with Crippen LogP contribution >= 0.6 is 34.5 Å². The molecule has 1 aromatic heterocycles. The Balaban J connectivity index is 2.17. The summed E-state index contributed by atoms with van der Waals surface area (Å²) in [6, 6.07) is 5.09. The minimum absolute atomic E-state index is 0.529. The maximum atomic E-state index is 10.0. The lowest BCUT2D eigenvalue weighted by molar-refractivity contribution is 0.179. The molecule has 1 heterocycles. The Bertz CT molecular complexity index is 453. The lowest BCUT2D eigenvalue weighted by Crippen LogP contribution is -2.00. The van der Waals surface area contributed by atoms with E-state index >= 15 is 0 Å². The van der Waals surface area contributed by atoms with Gasteiger partial charge in [-0.15, -0.1) is 11.3 Å². The third-order valence-electron chi connectivity index (χ3n) is 2.15. The van der Waals surface area contributed by atoms with Crippen molar-refractivity contribution in [3.63, 3.8) is 0 Å². The normalized spacial score (nSPS) is 12.7. The number of halogens is 2. The largest absolute Gasteiger partial charge is 0.388 e. The molecule has 0 aliphatic heterocycles. The van der Waals surface area contributed by atoms with Crippen LogP contribution < -0.4 is 0 Å². The van der Waals surface area contributed by atoms with Crippen molar-refractivity contribution in [2.75, 3.05) is 0 Å². The van der Waals surface area contributed by atoms with Gasteiger partial charge in [0.25, 0.3) is 0 Å². The van der Waals surface area contributed by atoms with Crippen LogP contribution in [-0.2, 0) is 6.42 Å². The Labute approximate surface area is 107 Å². The van der Waals surface area contributed by atoms with Crippen LogP contribution in [-0.4, -0.2) is 10.1 Å². The van der Waals surface area contributed by atoms with Crippen LogP contribution in [0.4, 0.5) is 0 Å². The van der Waals surface area contributed by atoms with Gasteiger partial charge >= 0.3 is 0 Å². The van der Waals surface area contributed by atoms with E-state index in [4.69, 9.17) is 23.2 Å². The van der Waals surface area contributed by atoms with Gasteiger partial charge in [0, 0.05) is 27.5 Å². The standard InChI is InChI=1S/C11H9Cl2NOS/c12-8-1-7(2-9(13)3-8)11(15)4-10-5-14-6-16-10/h1-3,5-6,11,15H,4H2. The Morgan fingerprint density at radius 3 is 2.50 bits per heavy atom. The second-order valence-corrected chi connectivity index (χ2v) is 5.23. The molecule has 0 saturated heterocycles. The first-order valence-corrected chi connectivity index (χ1v) is 6.30. The number of aliphatic hydroxyl groups is 1. The molecule has 0 aliphatic rings. The van der Waals surface area contributed by atoms with Crippen LogP contribution in [0.3, 0.4) is 0 Å². The van der Waals surface area contributed by atoms with Gasteiger partial charge in [0.05, 0.1) is 11.6 Å². The lowest BCUT2D eigenvalue weighted by atomic mass is 10.1. The third kappa shape index (κ3) is 2.95. The van der Waals surface area contributed by atoms with Gasteiger partial charge in [-0.05, 0) is 23.8 Å². The maximum Gasteiger partial charge on any atom is 0.0839 e. The molecule has 1 N–H and O–H groups in total. The number of hydrogen-bond donors (Lipinski definition) is 1. The zero-order valence-corrected chi connectivity index (χ0v) is 10.6. The van der Waals surface area contributed by atoms with Crippen molar-refractivity contribution in [3.05, 3.63) is 50.4 Å². The van der Waals surface area contributed by atoms with Gasteiger partial charge < -0.3 is 5.11 Å². The molecule has 84 valence electrons. The molecule has 16 heavy (non-hydrogen) atoms. The van der Waals surface area contributed by atoms with E-state index in [9.17, 15) is 5.11 Å². The molecule has 0 radical (unpaired) electrons. The van der Waals surface area contributed by atoms with E-state index in [-0.39, 0.29) is 0 Å². The highest BCUT2D eigenvalue weighted by Crippen LogP contribution is 2.26. The van der Waals surface area contributed by atoms with E-state index < -0.39 is 6.10 Å². The molecule has 0 bridgehead atoms. The fourth-order valence-electron chi connectivity index (χ4n) is 1.42. The molecule has 5 heteroatoms. The molecule has 2 nitrogen and oxygen atoms in total. The molecule has 0 spiro atoms. The van der Waals surface area contributed by atoms with Crippen molar-refractivity contribution in [1.29, 1.82) is 0 Å². The van der Waals surface area contributed by atoms with Gasteiger partial charge in [0.1, 0.15) is 0 Å². The number of aliphatic hydroxyl groups excluding tert-OH is 1. The van der Waals surface area contributed by atoms with E-state index in [1.54, 1.807) is 29.9 Å². The van der Waals surface area contributed by atoms with Crippen molar-refractivity contribution < 1.29 is 5.11 Å². The second kappa shape index (κ2) is 5.15. The maximum absolute atomic E-state index is 10.0. The highest BCUT2D eigenvalue weighted by molar-refractivity contribution is 7.09. The highest BCUT2D eigenvalue weighted by Gasteiger charge is 2.11. The number of hydrogen-bond acceptors (Lipinski definition) is 3. The van der Waals surface area contributed by atoms with Gasteiger partial charge in [0.2, 0.25) is 0 Å². The van der Waals surface area contributed by atoms with Crippen LogP contribution in [0, 0.1) is 0 Å². The Morgan fingerprint density at radius 2 is 1.94 bits per heavy atom. The molecule has 2 aromatic rings. The van der Waals surface area contributed by atoms with Crippen molar-refractivity contribution in [1.82, 2.24) is 4.98 Å². The summed E-state index contributed by atoms with van der Waals surface area (Å²) in [5.74, 6) is 0. The molecule has 0 saturated carbocycles. The SMILES string of the molecule is OC(Cc1cncs1)c1cc(Cl)cc(Cl)c1. The molecule has 1 unspecified atom stereocenters. The summed E-state index contributed by atoms with van der Waals surface area (Å²) < 4.78 is 0. The number of nitrogens with zero attached hydrogens (tertiary/aromatic N) is 1. The number of thiazole rings is 1. The summed E-state index contributed by atoms with van der Waals surface area (Å²) in [6.45, 7) is 0. The van der Waals surface area contributed by atoms with Crippen LogP contribution in [0.15, 0.2) is 29.9 Å². The molecule has 0 fully saturated rings. The van der Waals surface area contributed by atoms with Gasteiger partial charge in [-0.1, -0.05) is 23.2 Å². The van der Waals surface area contributed by atoms with Crippen LogP contribution in [0.2, 0.25) is 10.0 Å². The van der Waals surface area contributed by atoms with Crippen molar-refractivity contribution in [2.45, 2.75) is 12.5 Å². The van der Waals surface area contributed by atoms with Gasteiger partial charge in [-0.25, -0.2) is 0 Å². The van der Waals surface area contributed by atoms with E-state index in [0.717, 1.165) is 10.4 Å². The Morgan fingerprint density at radius 1 is 1.25 bits per heavy atom. The van der Waals surface area contributed by atoms with Gasteiger partial charge in [0.15, 0.2) is 0 Å². The van der Waals surface area contributed by atoms with Crippen molar-refractivity contribution in [3.8, 4) is 0 Å². The summed E-state index contributed by atoms with van der Waals surface area (Å²) in [7, 11) is 0. The topological polar surface area (TPSA) is 33.1 Å². The first-order valence-electron chi connectivity index (χ1n) is 4.66. The summed E-state index contributed by atoms with van der Waals surface area (Å²) in [5, 5.41) is 11.1. The van der Waals surface area contributed by atoms with E-state index in [2.05, 4.69) is 4.98 Å². The Hall–Kier alpha value is -0.610. The smallest absolute Gasteiger partial charge is 0.0839 e. The summed E-state index contributed by atoms with van der Waals surface area (Å²) in [5.41, 5.74) is 2.47. The molecule has 1 aromatic carbocycles. The van der Waals surface area contributed by atoms with Crippen LogP contribution in [0.1, 0.15) is 16.5 Å². The van der Waals surface area contributed by atoms with Gasteiger partial charge in [-0.2, -0.15) is 0 Å². The van der Waals surface area contributed by atoms with Crippen LogP contribution in [0.25, 0.3) is 0 Å². The number of rotatable bonds is 3. The molecular weight excluding hydrogens is 265 g/mol. The predicted octanol–water partition coefficient (Wildman–Crippen LogP) is 3.73. The van der Waals surface area contributed by atoms with Crippen molar-refractivity contribution >= 4 is 34.5 Å². The highest BCUT2D eigenvalue weighted by atomic mass is 35.5. The van der Waals surface area contributed by atoms with Crippen molar-refractivity contribution in [2.24, 2.45) is 0 Å². The summed E-state index contributed by atoms with van der Waals surface area (Å²) >= 11 is 13.3. The number of aromatic nitrogens is 1. The average Bonchev–Trinajstić information content (AvgIpc) is 2.68. The second-order valence-electron chi connectivity index (χ2n) is 3.39. The molecular formula is C11H9Cl2NOS. The molecule has 2 rings (SSSR count). The fraction of sp³-hybridized carbons (Fsp3) is 0.182. The van der Waals surface area contributed by atoms with Crippen LogP contribution in [0.5, 0.6) is 0 Å². The van der Waals surface area contributed by atoms with Gasteiger partial charge in [-0.3, -0.25) is 4.98 Å². The van der Waals surface area contributed by atoms with E-state index in [1.165, 1.54) is 11.3 Å².